The van der Waals surface area contributed by atoms with Crippen molar-refractivity contribution in [3.05, 3.63) is 40.5 Å². The maximum atomic E-state index is 12.3. The van der Waals surface area contributed by atoms with Gasteiger partial charge < -0.3 is 14.6 Å². The molecule has 26 heavy (non-hydrogen) atoms. The fourth-order valence-electron chi connectivity index (χ4n) is 3.40. The van der Waals surface area contributed by atoms with Crippen LogP contribution >= 0.6 is 0 Å². The molecule has 1 aromatic carbocycles. The molecule has 1 saturated carbocycles. The minimum Gasteiger partial charge on any atom is -0.507 e. The van der Waals surface area contributed by atoms with Crippen LogP contribution in [-0.2, 0) is 11.2 Å². The summed E-state index contributed by atoms with van der Waals surface area (Å²) in [5, 5.41) is 10.8. The standard InChI is InChI=1S/C22H30O4/c1-15(2)10-13-18-19(25-3)14-17(20(21(18)23)22(24)26-4)12-11-16-8-6-5-7-9-16/h10-12,14,16,23H,5-9,13H2,1-4H3/b12-11+. The number of hydrogen-bond acceptors (Lipinski definition) is 4. The molecule has 1 fully saturated rings. The Morgan fingerprint density at radius 3 is 2.50 bits per heavy atom. The molecular weight excluding hydrogens is 328 g/mol. The van der Waals surface area contributed by atoms with Crippen molar-refractivity contribution in [1.29, 1.82) is 0 Å². The number of allylic oxidation sites excluding steroid dienone is 3. The van der Waals surface area contributed by atoms with E-state index >= 15 is 0 Å². The predicted octanol–water partition coefficient (Wildman–Crippen LogP) is 5.29. The topological polar surface area (TPSA) is 55.8 Å². The molecule has 0 spiro atoms. The van der Waals surface area contributed by atoms with Gasteiger partial charge >= 0.3 is 5.97 Å². The molecule has 2 rings (SSSR count). The Kier molecular flexibility index (Phi) is 7.31. The fourth-order valence-corrected chi connectivity index (χ4v) is 3.40. The third kappa shape index (κ3) is 4.90. The minimum atomic E-state index is -0.535. The quantitative estimate of drug-likeness (QED) is 0.554. The van der Waals surface area contributed by atoms with Gasteiger partial charge in [0.1, 0.15) is 17.1 Å². The monoisotopic (exact) mass is 358 g/mol. The zero-order valence-corrected chi connectivity index (χ0v) is 16.3. The molecule has 1 aromatic rings. The summed E-state index contributed by atoms with van der Waals surface area (Å²) in [4.78, 5) is 12.3. The van der Waals surface area contributed by atoms with Crippen LogP contribution in [0.4, 0.5) is 0 Å². The average Bonchev–Trinajstić information content (AvgIpc) is 2.65. The van der Waals surface area contributed by atoms with Crippen LogP contribution in [0.3, 0.4) is 0 Å². The van der Waals surface area contributed by atoms with Crippen molar-refractivity contribution >= 4 is 12.0 Å². The molecule has 142 valence electrons. The van der Waals surface area contributed by atoms with Crippen LogP contribution in [0.5, 0.6) is 11.5 Å². The lowest BCUT2D eigenvalue weighted by atomic mass is 9.88. The van der Waals surface area contributed by atoms with E-state index in [1.54, 1.807) is 7.11 Å². The number of rotatable bonds is 6. The van der Waals surface area contributed by atoms with Gasteiger partial charge in [-0.1, -0.05) is 43.1 Å². The van der Waals surface area contributed by atoms with Crippen LogP contribution in [0.15, 0.2) is 23.8 Å². The highest BCUT2D eigenvalue weighted by atomic mass is 16.5. The number of phenolic OH excluding ortho intramolecular Hbond substituents is 1. The SMILES string of the molecule is COC(=O)c1c(/C=C/C2CCCCC2)cc(OC)c(CC=C(C)C)c1O. The first-order chi connectivity index (χ1) is 12.5. The molecule has 4 nitrogen and oxygen atoms in total. The predicted molar refractivity (Wildman–Crippen MR) is 105 cm³/mol. The van der Waals surface area contributed by atoms with Crippen molar-refractivity contribution in [2.24, 2.45) is 5.92 Å². The Labute approximate surface area is 156 Å². The molecule has 0 bridgehead atoms. The van der Waals surface area contributed by atoms with E-state index in [9.17, 15) is 9.90 Å². The number of benzene rings is 1. The van der Waals surface area contributed by atoms with Gasteiger partial charge in [0, 0.05) is 5.56 Å². The van der Waals surface area contributed by atoms with Crippen LogP contribution in [0, 0.1) is 5.92 Å². The maximum absolute atomic E-state index is 12.3. The zero-order chi connectivity index (χ0) is 19.1. The number of carbonyl (C=O) groups excluding carboxylic acids is 1. The molecule has 0 aromatic heterocycles. The van der Waals surface area contributed by atoms with Gasteiger partial charge in [-0.25, -0.2) is 4.79 Å². The summed E-state index contributed by atoms with van der Waals surface area (Å²) in [5.74, 6) is 0.507. The summed E-state index contributed by atoms with van der Waals surface area (Å²) in [6.07, 6.45) is 12.7. The second-order valence-electron chi connectivity index (χ2n) is 7.10. The van der Waals surface area contributed by atoms with Crippen LogP contribution < -0.4 is 4.74 Å². The van der Waals surface area contributed by atoms with Gasteiger partial charge in [-0.2, -0.15) is 0 Å². The largest absolute Gasteiger partial charge is 0.507 e. The van der Waals surface area contributed by atoms with Crippen molar-refractivity contribution in [3.63, 3.8) is 0 Å². The second kappa shape index (κ2) is 9.46. The summed E-state index contributed by atoms with van der Waals surface area (Å²) < 4.78 is 10.4. The smallest absolute Gasteiger partial charge is 0.342 e. The van der Waals surface area contributed by atoms with Crippen LogP contribution in [0.1, 0.15) is 67.4 Å². The summed E-state index contributed by atoms with van der Waals surface area (Å²) in [5.41, 5.74) is 2.58. The highest BCUT2D eigenvalue weighted by Crippen LogP contribution is 2.37. The first-order valence-corrected chi connectivity index (χ1v) is 9.30. The first kappa shape index (κ1) is 20.1. The molecule has 0 radical (unpaired) electrons. The van der Waals surface area contributed by atoms with E-state index in [4.69, 9.17) is 9.47 Å². The van der Waals surface area contributed by atoms with Gasteiger partial charge in [-0.05, 0) is 50.7 Å². The summed E-state index contributed by atoms with van der Waals surface area (Å²) >= 11 is 0. The number of hydrogen-bond donors (Lipinski definition) is 1. The van der Waals surface area contributed by atoms with Gasteiger partial charge in [0.25, 0.3) is 0 Å². The Hall–Kier alpha value is -2.23. The van der Waals surface area contributed by atoms with Gasteiger partial charge in [0.2, 0.25) is 0 Å². The maximum Gasteiger partial charge on any atom is 0.342 e. The number of methoxy groups -OCH3 is 2. The molecule has 1 aliphatic carbocycles. The Bertz CT molecular complexity index is 691. The van der Waals surface area contributed by atoms with Crippen LogP contribution in [0.2, 0.25) is 0 Å². The van der Waals surface area contributed by atoms with Crippen molar-refractivity contribution < 1.29 is 19.4 Å². The molecule has 1 N–H and O–H groups in total. The third-order valence-corrected chi connectivity index (χ3v) is 4.92. The highest BCUT2D eigenvalue weighted by molar-refractivity contribution is 5.97. The molecule has 4 heteroatoms. The number of ether oxygens (including phenoxy) is 2. The molecule has 1 aliphatic rings. The van der Waals surface area contributed by atoms with Gasteiger partial charge in [-0.15, -0.1) is 0 Å². The molecule has 0 atom stereocenters. The van der Waals surface area contributed by atoms with E-state index in [1.165, 1.54) is 39.2 Å². The van der Waals surface area contributed by atoms with Gasteiger partial charge in [0.15, 0.2) is 0 Å². The van der Waals surface area contributed by atoms with E-state index in [0.717, 1.165) is 5.57 Å². The second-order valence-corrected chi connectivity index (χ2v) is 7.10. The molecular formula is C22H30O4. The third-order valence-electron chi connectivity index (χ3n) is 4.92. The van der Waals surface area contributed by atoms with Crippen molar-refractivity contribution in [3.8, 4) is 11.5 Å². The molecule has 0 unspecified atom stereocenters. The first-order valence-electron chi connectivity index (χ1n) is 9.30. The molecule has 0 saturated heterocycles. The van der Waals surface area contributed by atoms with E-state index in [-0.39, 0.29) is 11.3 Å². The molecule has 0 heterocycles. The summed E-state index contributed by atoms with van der Waals surface area (Å²) in [6, 6.07) is 1.82. The Morgan fingerprint density at radius 2 is 1.92 bits per heavy atom. The lowest BCUT2D eigenvalue weighted by Crippen LogP contribution is -2.08. The van der Waals surface area contributed by atoms with E-state index in [0.29, 0.717) is 29.2 Å². The fraction of sp³-hybridized carbons (Fsp3) is 0.500. The normalized spacial score (nSPS) is 15.1. The summed E-state index contributed by atoms with van der Waals surface area (Å²) in [6.45, 7) is 3.98. The Morgan fingerprint density at radius 1 is 1.23 bits per heavy atom. The number of carbonyl (C=O) groups is 1. The van der Waals surface area contributed by atoms with Gasteiger partial charge in [-0.3, -0.25) is 0 Å². The number of phenols is 1. The zero-order valence-electron chi connectivity index (χ0n) is 16.3. The summed E-state index contributed by atoms with van der Waals surface area (Å²) in [7, 11) is 2.91. The molecule has 0 aliphatic heterocycles. The van der Waals surface area contributed by atoms with Crippen molar-refractivity contribution in [2.45, 2.75) is 52.4 Å². The van der Waals surface area contributed by atoms with Crippen molar-refractivity contribution in [2.75, 3.05) is 14.2 Å². The van der Waals surface area contributed by atoms with E-state index < -0.39 is 5.97 Å². The van der Waals surface area contributed by atoms with E-state index in [2.05, 4.69) is 6.08 Å². The highest BCUT2D eigenvalue weighted by Gasteiger charge is 2.23. The lowest BCUT2D eigenvalue weighted by molar-refractivity contribution is 0.0597. The number of aromatic hydroxyl groups is 1. The molecule has 0 amide bonds. The number of esters is 1. The Balaban J connectivity index is 2.48. The van der Waals surface area contributed by atoms with E-state index in [1.807, 2.05) is 32.1 Å². The average molecular weight is 358 g/mol. The van der Waals surface area contributed by atoms with Gasteiger partial charge in [0.05, 0.1) is 14.2 Å². The van der Waals surface area contributed by atoms with Crippen molar-refractivity contribution in [1.82, 2.24) is 0 Å². The lowest BCUT2D eigenvalue weighted by Gasteiger charge is -2.19. The minimum absolute atomic E-state index is 0.0583. The van der Waals surface area contributed by atoms with Crippen LogP contribution in [0.25, 0.3) is 6.08 Å². The van der Waals surface area contributed by atoms with Crippen LogP contribution in [-0.4, -0.2) is 25.3 Å².